The summed E-state index contributed by atoms with van der Waals surface area (Å²) in [4.78, 5) is 10.8. The minimum absolute atomic E-state index is 0.192. The Hall–Kier alpha value is -1.50. The molecular weight excluding hydrogens is 389 g/mol. The van der Waals surface area contributed by atoms with Crippen molar-refractivity contribution in [3.63, 3.8) is 0 Å². The number of carbonyl (C=O) groups is 1. The highest BCUT2D eigenvalue weighted by molar-refractivity contribution is 5.59. The average Bonchev–Trinajstić information content (AvgIpc) is 2.43. The molecule has 0 aliphatic heterocycles. The smallest absolute Gasteiger partial charge is 0.434 e. The van der Waals surface area contributed by atoms with Crippen molar-refractivity contribution >= 4 is 6.16 Å². The first-order valence-electron chi connectivity index (χ1n) is 6.33. The monoisotopic (exact) mass is 400 g/mol. The van der Waals surface area contributed by atoms with Gasteiger partial charge in [-0.05, 0) is 6.42 Å². The van der Waals surface area contributed by atoms with Gasteiger partial charge >= 0.3 is 36.0 Å². The molecule has 14 heteroatoms. The van der Waals surface area contributed by atoms with Crippen molar-refractivity contribution in [3.05, 3.63) is 0 Å². The maximum atomic E-state index is 13.1. The third-order valence-corrected chi connectivity index (χ3v) is 2.69. The topological polar surface area (TPSA) is 35.5 Å². The number of hydrogen-bond acceptors (Lipinski definition) is 3. The minimum Gasteiger partial charge on any atom is -0.434 e. The van der Waals surface area contributed by atoms with Crippen LogP contribution in [0.4, 0.5) is 53.1 Å². The van der Waals surface area contributed by atoms with Crippen LogP contribution in [0.2, 0.25) is 0 Å². The highest BCUT2D eigenvalue weighted by Crippen LogP contribution is 2.57. The number of alkyl halides is 11. The summed E-state index contributed by atoms with van der Waals surface area (Å²) < 4.78 is 146. The van der Waals surface area contributed by atoms with Crippen LogP contribution in [0.25, 0.3) is 0 Å². The van der Waals surface area contributed by atoms with Gasteiger partial charge in [0, 0.05) is 0 Å². The standard InChI is InChI=1S/C11H11F11O3/c1-2-3-4-24-6(23)25-5-7(12,13)8(14,15)9(16,17)10(18,19)11(20,21)22/h2-5H2,1H3. The molecule has 0 radical (unpaired) electrons. The summed E-state index contributed by atoms with van der Waals surface area (Å²) in [6.07, 6.45) is -8.62. The fraction of sp³-hybridized carbons (Fsp3) is 0.909. The van der Waals surface area contributed by atoms with Crippen molar-refractivity contribution in [2.75, 3.05) is 13.2 Å². The quantitative estimate of drug-likeness (QED) is 0.325. The van der Waals surface area contributed by atoms with Crippen LogP contribution in [-0.4, -0.2) is 49.2 Å². The molecule has 0 unspecified atom stereocenters. The van der Waals surface area contributed by atoms with Crippen molar-refractivity contribution in [1.29, 1.82) is 0 Å². The highest BCUT2D eigenvalue weighted by Gasteiger charge is 2.87. The lowest BCUT2D eigenvalue weighted by Crippen LogP contribution is -2.67. The van der Waals surface area contributed by atoms with Gasteiger partial charge in [-0.25, -0.2) is 4.79 Å². The van der Waals surface area contributed by atoms with Gasteiger partial charge in [0.15, 0.2) is 6.61 Å². The maximum Gasteiger partial charge on any atom is 0.508 e. The molecule has 150 valence electrons. The van der Waals surface area contributed by atoms with Crippen LogP contribution in [0.15, 0.2) is 0 Å². The zero-order chi connectivity index (χ0) is 20.3. The summed E-state index contributed by atoms with van der Waals surface area (Å²) >= 11 is 0. The lowest BCUT2D eigenvalue weighted by molar-refractivity contribution is -0.423. The van der Waals surface area contributed by atoms with Gasteiger partial charge in [-0.15, -0.1) is 0 Å². The summed E-state index contributed by atoms with van der Waals surface area (Å²) in [6.45, 7) is -1.72. The van der Waals surface area contributed by atoms with Crippen LogP contribution in [0.3, 0.4) is 0 Å². The van der Waals surface area contributed by atoms with E-state index >= 15 is 0 Å². The molecule has 0 heterocycles. The van der Waals surface area contributed by atoms with Crippen LogP contribution in [-0.2, 0) is 9.47 Å². The molecular formula is C11H11F11O3. The van der Waals surface area contributed by atoms with Crippen molar-refractivity contribution in [1.82, 2.24) is 0 Å². The molecule has 0 atom stereocenters. The number of unbranched alkanes of at least 4 members (excludes halogenated alkanes) is 1. The van der Waals surface area contributed by atoms with Crippen molar-refractivity contribution in [3.8, 4) is 0 Å². The van der Waals surface area contributed by atoms with Crippen molar-refractivity contribution in [2.24, 2.45) is 0 Å². The Labute approximate surface area is 133 Å². The molecule has 0 aromatic rings. The van der Waals surface area contributed by atoms with Gasteiger partial charge in [-0.3, -0.25) is 0 Å². The Morgan fingerprint density at radius 1 is 0.760 bits per heavy atom. The molecule has 0 aromatic heterocycles. The highest BCUT2D eigenvalue weighted by atomic mass is 19.4. The van der Waals surface area contributed by atoms with E-state index in [4.69, 9.17) is 0 Å². The zero-order valence-corrected chi connectivity index (χ0v) is 12.2. The SMILES string of the molecule is CCCCOC(=O)OCC(F)(F)C(F)(F)C(F)(F)C(F)(F)C(F)(F)F. The lowest BCUT2D eigenvalue weighted by Gasteiger charge is -2.36. The molecule has 0 saturated heterocycles. The number of ether oxygens (including phenoxy) is 2. The number of halogens is 11. The Kier molecular flexibility index (Phi) is 6.95. The van der Waals surface area contributed by atoms with Gasteiger partial charge in [-0.1, -0.05) is 13.3 Å². The predicted molar refractivity (Wildman–Crippen MR) is 58.1 cm³/mol. The van der Waals surface area contributed by atoms with E-state index < -0.39 is 49.2 Å². The van der Waals surface area contributed by atoms with E-state index in [1.165, 1.54) is 0 Å². The predicted octanol–water partition coefficient (Wildman–Crippen LogP) is 5.04. The molecule has 0 bridgehead atoms. The third-order valence-electron chi connectivity index (χ3n) is 2.69. The van der Waals surface area contributed by atoms with Crippen LogP contribution in [0.1, 0.15) is 19.8 Å². The second-order valence-corrected chi connectivity index (χ2v) is 4.67. The molecule has 3 nitrogen and oxygen atoms in total. The third kappa shape index (κ3) is 4.57. The van der Waals surface area contributed by atoms with Crippen LogP contribution in [0.5, 0.6) is 0 Å². The molecule has 0 fully saturated rings. The summed E-state index contributed by atoms with van der Waals surface area (Å²) in [5.41, 5.74) is 0. The van der Waals surface area contributed by atoms with Crippen LogP contribution >= 0.6 is 0 Å². The van der Waals surface area contributed by atoms with Crippen molar-refractivity contribution < 1.29 is 62.6 Å². The largest absolute Gasteiger partial charge is 0.508 e. The van der Waals surface area contributed by atoms with E-state index in [1.807, 2.05) is 0 Å². The Morgan fingerprint density at radius 2 is 1.24 bits per heavy atom. The number of carbonyl (C=O) groups excluding carboxylic acids is 1. The molecule has 25 heavy (non-hydrogen) atoms. The summed E-state index contributed by atoms with van der Waals surface area (Å²) in [6, 6.07) is 0. The maximum absolute atomic E-state index is 13.1. The second-order valence-electron chi connectivity index (χ2n) is 4.67. The fourth-order valence-corrected chi connectivity index (χ4v) is 1.19. The van der Waals surface area contributed by atoms with Gasteiger partial charge in [0.25, 0.3) is 0 Å². The van der Waals surface area contributed by atoms with E-state index in [0.29, 0.717) is 6.42 Å². The van der Waals surface area contributed by atoms with Crippen molar-refractivity contribution in [2.45, 2.75) is 49.6 Å². The summed E-state index contributed by atoms with van der Waals surface area (Å²) in [5, 5.41) is 0. The lowest BCUT2D eigenvalue weighted by atomic mass is 9.98. The Bertz CT molecular complexity index is 459. The first-order chi connectivity index (χ1) is 11.0. The molecule has 0 spiro atoms. The minimum atomic E-state index is -7.53. The average molecular weight is 400 g/mol. The van der Waals surface area contributed by atoms with E-state index in [0.717, 1.165) is 0 Å². The summed E-state index contributed by atoms with van der Waals surface area (Å²) in [5.74, 6) is -28.5. The number of hydrogen-bond donors (Lipinski definition) is 0. The van der Waals surface area contributed by atoms with E-state index in [2.05, 4.69) is 9.47 Å². The van der Waals surface area contributed by atoms with Gasteiger partial charge in [0.1, 0.15) is 0 Å². The first-order valence-corrected chi connectivity index (χ1v) is 6.33. The molecule has 0 aliphatic rings. The molecule has 0 saturated carbocycles. The van der Waals surface area contributed by atoms with Crippen LogP contribution < -0.4 is 0 Å². The molecule has 0 aliphatic carbocycles. The molecule has 0 rings (SSSR count). The number of rotatable bonds is 8. The van der Waals surface area contributed by atoms with Gasteiger partial charge in [0.05, 0.1) is 6.61 Å². The molecule has 0 N–H and O–H groups in total. The van der Waals surface area contributed by atoms with Gasteiger partial charge < -0.3 is 9.47 Å². The zero-order valence-electron chi connectivity index (χ0n) is 12.2. The van der Waals surface area contributed by atoms with E-state index in [9.17, 15) is 53.1 Å². The normalized spacial score (nSPS) is 14.4. The van der Waals surface area contributed by atoms with E-state index in [-0.39, 0.29) is 6.42 Å². The summed E-state index contributed by atoms with van der Waals surface area (Å²) in [7, 11) is 0. The second kappa shape index (κ2) is 7.40. The van der Waals surface area contributed by atoms with E-state index in [1.54, 1.807) is 6.92 Å². The van der Waals surface area contributed by atoms with Crippen LogP contribution in [0, 0.1) is 0 Å². The Morgan fingerprint density at radius 3 is 1.64 bits per heavy atom. The molecule has 0 amide bonds. The fourth-order valence-electron chi connectivity index (χ4n) is 1.19. The van der Waals surface area contributed by atoms with Gasteiger partial charge in [0.2, 0.25) is 0 Å². The van der Waals surface area contributed by atoms with Gasteiger partial charge in [-0.2, -0.15) is 48.3 Å². The first kappa shape index (κ1) is 23.5. The molecule has 0 aromatic carbocycles. The Balaban J connectivity index is 5.29.